The Bertz CT molecular complexity index is 541. The van der Waals surface area contributed by atoms with Gasteiger partial charge in [-0.1, -0.05) is 0 Å². The summed E-state index contributed by atoms with van der Waals surface area (Å²) >= 11 is 0. The van der Waals surface area contributed by atoms with Crippen LogP contribution in [0, 0.1) is 0 Å². The van der Waals surface area contributed by atoms with E-state index in [1.807, 2.05) is 12.1 Å². The molecule has 1 atom stereocenters. The van der Waals surface area contributed by atoms with Crippen LogP contribution in [-0.2, 0) is 9.53 Å². The van der Waals surface area contributed by atoms with Gasteiger partial charge in [-0.05, 0) is 31.0 Å². The number of amides is 1. The molecule has 1 aromatic carbocycles. The third-order valence-electron chi connectivity index (χ3n) is 3.78. The summed E-state index contributed by atoms with van der Waals surface area (Å²) in [6.45, 7) is 1.82. The van der Waals surface area contributed by atoms with Crippen molar-refractivity contribution < 1.29 is 14.3 Å². The third kappa shape index (κ3) is 2.10. The summed E-state index contributed by atoms with van der Waals surface area (Å²) in [6, 6.07) is 5.49. The lowest BCUT2D eigenvalue weighted by Gasteiger charge is -2.33. The number of carbonyl (C=O) groups is 2. The summed E-state index contributed by atoms with van der Waals surface area (Å²) in [6.07, 6.45) is 2.41. The molecule has 19 heavy (non-hydrogen) atoms. The average Bonchev–Trinajstić information content (AvgIpc) is 2.73. The van der Waals surface area contributed by atoms with Crippen molar-refractivity contribution in [3.8, 4) is 0 Å². The Kier molecular flexibility index (Phi) is 2.98. The normalized spacial score (nSPS) is 22.4. The lowest BCUT2D eigenvalue weighted by atomic mass is 10.1. The number of nitrogens with zero attached hydrogens (tertiary/aromatic N) is 1. The van der Waals surface area contributed by atoms with Gasteiger partial charge >= 0.3 is 0 Å². The maximum atomic E-state index is 11.5. The molecule has 1 N–H and O–H groups in total. The van der Waals surface area contributed by atoms with Crippen LogP contribution >= 0.6 is 0 Å². The number of fused-ring (bicyclic) bond motifs is 1. The largest absolute Gasteiger partial charge is 0.380 e. The van der Waals surface area contributed by atoms with Gasteiger partial charge in [0.2, 0.25) is 0 Å². The number of methoxy groups -OCH3 is 1. The van der Waals surface area contributed by atoms with Crippen molar-refractivity contribution >= 4 is 23.1 Å². The number of hydrogen-bond donors (Lipinski definition) is 1. The van der Waals surface area contributed by atoms with E-state index in [0.717, 1.165) is 31.6 Å². The van der Waals surface area contributed by atoms with Crippen LogP contribution in [0.25, 0.3) is 0 Å². The first-order valence-corrected chi connectivity index (χ1v) is 6.46. The Hall–Kier alpha value is -1.88. The molecule has 5 heteroatoms. The fraction of sp³-hybridized carbons (Fsp3) is 0.429. The van der Waals surface area contributed by atoms with Crippen LogP contribution in [0.15, 0.2) is 18.2 Å². The molecule has 0 aromatic heterocycles. The molecule has 0 aliphatic carbocycles. The van der Waals surface area contributed by atoms with Crippen molar-refractivity contribution in [2.75, 3.05) is 30.4 Å². The number of piperidine rings is 1. The second-order valence-electron chi connectivity index (χ2n) is 4.96. The maximum absolute atomic E-state index is 11.5. The van der Waals surface area contributed by atoms with Crippen LogP contribution < -0.4 is 10.2 Å². The predicted molar refractivity (Wildman–Crippen MR) is 71.6 cm³/mol. The van der Waals surface area contributed by atoms with Gasteiger partial charge in [0.25, 0.3) is 11.7 Å². The first kappa shape index (κ1) is 12.2. The first-order valence-electron chi connectivity index (χ1n) is 6.46. The molecule has 0 radical (unpaired) electrons. The maximum Gasteiger partial charge on any atom is 0.296 e. The first-order chi connectivity index (χ1) is 9.19. The number of carbonyl (C=O) groups excluding carboxylic acids is 2. The smallest absolute Gasteiger partial charge is 0.296 e. The lowest BCUT2D eigenvalue weighted by molar-refractivity contribution is -0.112. The molecule has 1 aromatic rings. The second-order valence-corrected chi connectivity index (χ2v) is 4.96. The minimum absolute atomic E-state index is 0.248. The molecule has 1 saturated heterocycles. The van der Waals surface area contributed by atoms with Gasteiger partial charge in [0.1, 0.15) is 0 Å². The molecule has 0 spiro atoms. The van der Waals surface area contributed by atoms with Gasteiger partial charge in [-0.3, -0.25) is 9.59 Å². The number of hydrogen-bond acceptors (Lipinski definition) is 4. The standard InChI is InChI=1S/C14H16N2O3/c1-19-10-3-2-6-16(8-10)9-4-5-11-12(7-9)15-14(18)13(11)17/h4-5,7,10H,2-3,6,8H2,1H3,(H,15,17,18). The van der Waals surface area contributed by atoms with Gasteiger partial charge in [0.05, 0.1) is 17.4 Å². The van der Waals surface area contributed by atoms with E-state index in [0.29, 0.717) is 11.3 Å². The van der Waals surface area contributed by atoms with Crippen molar-refractivity contribution in [2.45, 2.75) is 18.9 Å². The van der Waals surface area contributed by atoms with E-state index in [4.69, 9.17) is 4.74 Å². The summed E-state index contributed by atoms with van der Waals surface area (Å²) in [5.74, 6) is -0.990. The van der Waals surface area contributed by atoms with Crippen LogP contribution in [0.2, 0.25) is 0 Å². The zero-order valence-electron chi connectivity index (χ0n) is 10.8. The van der Waals surface area contributed by atoms with E-state index in [1.165, 1.54) is 0 Å². The minimum atomic E-state index is -0.541. The van der Waals surface area contributed by atoms with E-state index in [-0.39, 0.29) is 6.10 Å². The van der Waals surface area contributed by atoms with E-state index < -0.39 is 11.7 Å². The second kappa shape index (κ2) is 4.66. The summed E-state index contributed by atoms with van der Waals surface area (Å²) in [4.78, 5) is 25.1. The van der Waals surface area contributed by atoms with E-state index in [2.05, 4.69) is 10.2 Å². The highest BCUT2D eigenvalue weighted by atomic mass is 16.5. The van der Waals surface area contributed by atoms with Crippen LogP contribution in [0.3, 0.4) is 0 Å². The summed E-state index contributed by atoms with van der Waals surface area (Å²) in [5, 5.41) is 2.61. The van der Waals surface area contributed by atoms with E-state index in [1.54, 1.807) is 13.2 Å². The average molecular weight is 260 g/mol. The fourth-order valence-corrected chi connectivity index (χ4v) is 2.70. The fourth-order valence-electron chi connectivity index (χ4n) is 2.70. The summed E-state index contributed by atoms with van der Waals surface area (Å²) in [5.41, 5.74) is 2.11. The van der Waals surface area contributed by atoms with Crippen molar-refractivity contribution in [1.29, 1.82) is 0 Å². The molecule has 1 amide bonds. The van der Waals surface area contributed by atoms with Crippen molar-refractivity contribution in [1.82, 2.24) is 0 Å². The molecule has 0 bridgehead atoms. The monoisotopic (exact) mass is 260 g/mol. The molecular weight excluding hydrogens is 244 g/mol. The molecule has 1 unspecified atom stereocenters. The van der Waals surface area contributed by atoms with Gasteiger partial charge in [-0.2, -0.15) is 0 Å². The van der Waals surface area contributed by atoms with E-state index >= 15 is 0 Å². The number of ether oxygens (including phenoxy) is 1. The Morgan fingerprint density at radius 3 is 3.00 bits per heavy atom. The van der Waals surface area contributed by atoms with Gasteiger partial charge in [0.15, 0.2) is 0 Å². The highest BCUT2D eigenvalue weighted by molar-refractivity contribution is 6.51. The Morgan fingerprint density at radius 1 is 1.37 bits per heavy atom. The molecule has 100 valence electrons. The van der Waals surface area contributed by atoms with Crippen LogP contribution in [0.5, 0.6) is 0 Å². The molecule has 1 fully saturated rings. The zero-order valence-corrected chi connectivity index (χ0v) is 10.8. The van der Waals surface area contributed by atoms with Crippen molar-refractivity contribution in [3.05, 3.63) is 23.8 Å². The molecular formula is C14H16N2O3. The topological polar surface area (TPSA) is 58.6 Å². The van der Waals surface area contributed by atoms with Crippen LogP contribution in [-0.4, -0.2) is 38.0 Å². The van der Waals surface area contributed by atoms with E-state index in [9.17, 15) is 9.59 Å². The number of anilines is 2. The Labute approximate surface area is 111 Å². The highest BCUT2D eigenvalue weighted by Crippen LogP contribution is 2.30. The number of benzene rings is 1. The van der Waals surface area contributed by atoms with Crippen LogP contribution in [0.1, 0.15) is 23.2 Å². The summed E-state index contributed by atoms with van der Waals surface area (Å²) < 4.78 is 5.40. The SMILES string of the molecule is COC1CCCN(c2ccc3c(c2)NC(=O)C3=O)C1. The van der Waals surface area contributed by atoms with Gasteiger partial charge < -0.3 is 15.0 Å². The quantitative estimate of drug-likeness (QED) is 0.817. The van der Waals surface area contributed by atoms with Gasteiger partial charge in [0, 0.05) is 25.9 Å². The van der Waals surface area contributed by atoms with Crippen LogP contribution in [0.4, 0.5) is 11.4 Å². The minimum Gasteiger partial charge on any atom is -0.380 e. The highest BCUT2D eigenvalue weighted by Gasteiger charge is 2.29. The molecule has 5 nitrogen and oxygen atoms in total. The molecule has 3 rings (SSSR count). The number of Topliss-reactive ketones (excluding diaryl/α,β-unsaturated/α-hetero) is 1. The molecule has 0 saturated carbocycles. The zero-order chi connectivity index (χ0) is 13.4. The van der Waals surface area contributed by atoms with Gasteiger partial charge in [-0.15, -0.1) is 0 Å². The Morgan fingerprint density at radius 2 is 2.21 bits per heavy atom. The Balaban J connectivity index is 1.85. The summed E-state index contributed by atoms with van der Waals surface area (Å²) in [7, 11) is 1.73. The van der Waals surface area contributed by atoms with Crippen molar-refractivity contribution in [3.63, 3.8) is 0 Å². The number of nitrogens with one attached hydrogen (secondary N) is 1. The molecule has 2 aliphatic rings. The number of ketones is 1. The van der Waals surface area contributed by atoms with Crippen molar-refractivity contribution in [2.24, 2.45) is 0 Å². The molecule has 2 heterocycles. The van der Waals surface area contributed by atoms with Gasteiger partial charge in [-0.25, -0.2) is 0 Å². The lowest BCUT2D eigenvalue weighted by Crippen LogP contribution is -2.39. The molecule has 2 aliphatic heterocycles. The number of rotatable bonds is 2. The predicted octanol–water partition coefficient (Wildman–Crippen LogP) is 1.44. The third-order valence-corrected chi connectivity index (χ3v) is 3.78.